The molecule has 1 rings (SSSR count). The van der Waals surface area contributed by atoms with Gasteiger partial charge in [-0.25, -0.2) is 0 Å². The Morgan fingerprint density at radius 2 is 1.67 bits per heavy atom. The molecule has 1 atom stereocenters. The van der Waals surface area contributed by atoms with Gasteiger partial charge in [0.1, 0.15) is 11.5 Å². The average molecular weight is 273 g/mol. The van der Waals surface area contributed by atoms with E-state index in [1.165, 1.54) is 0 Å². The molecular formula is C13H21ClN2O2. The molecule has 18 heavy (non-hydrogen) atoms. The van der Waals surface area contributed by atoms with Crippen LogP contribution in [0.5, 0.6) is 11.5 Å². The maximum absolute atomic E-state index is 6.15. The lowest BCUT2D eigenvalue weighted by molar-refractivity contribution is 0.380. The molecule has 102 valence electrons. The van der Waals surface area contributed by atoms with E-state index in [9.17, 15) is 0 Å². The molecule has 0 saturated heterocycles. The summed E-state index contributed by atoms with van der Waals surface area (Å²) < 4.78 is 10.6. The van der Waals surface area contributed by atoms with Gasteiger partial charge >= 0.3 is 0 Å². The van der Waals surface area contributed by atoms with Crippen molar-refractivity contribution in [1.29, 1.82) is 0 Å². The number of halogens is 1. The molecular weight excluding hydrogens is 252 g/mol. The predicted molar refractivity (Wildman–Crippen MR) is 74.6 cm³/mol. The van der Waals surface area contributed by atoms with Crippen LogP contribution < -0.4 is 20.9 Å². The highest BCUT2D eigenvalue weighted by Crippen LogP contribution is 2.38. The van der Waals surface area contributed by atoms with E-state index >= 15 is 0 Å². The van der Waals surface area contributed by atoms with Crippen LogP contribution >= 0.6 is 11.6 Å². The highest BCUT2D eigenvalue weighted by Gasteiger charge is 2.21. The van der Waals surface area contributed by atoms with Gasteiger partial charge in [0.25, 0.3) is 0 Å². The number of methoxy groups -OCH3 is 2. The van der Waals surface area contributed by atoms with Crippen molar-refractivity contribution in [2.75, 3.05) is 27.3 Å². The molecule has 1 aromatic rings. The van der Waals surface area contributed by atoms with Gasteiger partial charge in [-0.15, -0.1) is 0 Å². The van der Waals surface area contributed by atoms with Crippen LogP contribution in [-0.2, 0) is 0 Å². The van der Waals surface area contributed by atoms with Gasteiger partial charge in [-0.1, -0.05) is 18.5 Å². The topological polar surface area (TPSA) is 70.5 Å². The second kappa shape index (κ2) is 6.83. The summed E-state index contributed by atoms with van der Waals surface area (Å²) in [6.07, 6.45) is 0. The van der Waals surface area contributed by atoms with Gasteiger partial charge in [-0.2, -0.15) is 0 Å². The number of rotatable bonds is 6. The third-order valence-corrected chi connectivity index (χ3v) is 3.60. The van der Waals surface area contributed by atoms with E-state index in [0.29, 0.717) is 23.9 Å². The van der Waals surface area contributed by atoms with Crippen molar-refractivity contribution in [3.05, 3.63) is 22.7 Å². The first-order valence-electron chi connectivity index (χ1n) is 5.90. The van der Waals surface area contributed by atoms with Gasteiger partial charge in [0.15, 0.2) is 0 Å². The number of nitrogens with two attached hydrogens (primary N) is 2. The largest absolute Gasteiger partial charge is 0.496 e. The normalized spacial score (nSPS) is 12.6. The first-order valence-corrected chi connectivity index (χ1v) is 6.28. The monoisotopic (exact) mass is 272 g/mol. The molecule has 4 nitrogen and oxygen atoms in total. The lowest BCUT2D eigenvalue weighted by atomic mass is 9.87. The number of benzene rings is 1. The maximum atomic E-state index is 6.15. The highest BCUT2D eigenvalue weighted by molar-refractivity contribution is 6.32. The Morgan fingerprint density at radius 1 is 1.11 bits per heavy atom. The predicted octanol–water partition coefficient (Wildman–Crippen LogP) is 1.99. The molecule has 0 bridgehead atoms. The number of hydrogen-bond acceptors (Lipinski definition) is 4. The Kier molecular flexibility index (Phi) is 5.72. The van der Waals surface area contributed by atoms with Crippen LogP contribution in [-0.4, -0.2) is 27.3 Å². The standard InChI is InChI=1S/C13H21ClN2O2/c1-8(9(6-15)7-16)10-4-11(14)13(18-3)5-12(10)17-2/h4-5,8-9H,6-7,15-16H2,1-3H3. The van der Waals surface area contributed by atoms with E-state index in [0.717, 1.165) is 11.3 Å². The lowest BCUT2D eigenvalue weighted by Crippen LogP contribution is -2.28. The Morgan fingerprint density at radius 3 is 2.11 bits per heavy atom. The fourth-order valence-electron chi connectivity index (χ4n) is 2.00. The van der Waals surface area contributed by atoms with Crippen LogP contribution in [0.3, 0.4) is 0 Å². The molecule has 0 aliphatic rings. The minimum Gasteiger partial charge on any atom is -0.496 e. The fraction of sp³-hybridized carbons (Fsp3) is 0.538. The van der Waals surface area contributed by atoms with Crippen molar-refractivity contribution < 1.29 is 9.47 Å². The molecule has 0 amide bonds. The molecule has 4 N–H and O–H groups in total. The number of hydrogen-bond donors (Lipinski definition) is 2. The molecule has 5 heteroatoms. The maximum Gasteiger partial charge on any atom is 0.141 e. The summed E-state index contributed by atoms with van der Waals surface area (Å²) in [6.45, 7) is 3.14. The zero-order chi connectivity index (χ0) is 13.7. The third-order valence-electron chi connectivity index (χ3n) is 3.31. The minimum absolute atomic E-state index is 0.179. The summed E-state index contributed by atoms with van der Waals surface area (Å²) in [6, 6.07) is 3.65. The van der Waals surface area contributed by atoms with Gasteiger partial charge in [0.2, 0.25) is 0 Å². The van der Waals surface area contributed by atoms with Crippen molar-refractivity contribution >= 4 is 11.6 Å². The summed E-state index contributed by atoms with van der Waals surface area (Å²) >= 11 is 6.15. The fourth-order valence-corrected chi connectivity index (χ4v) is 2.25. The molecule has 0 aliphatic heterocycles. The van der Waals surface area contributed by atoms with Gasteiger partial charge in [0.05, 0.1) is 19.2 Å². The average Bonchev–Trinajstić information content (AvgIpc) is 2.39. The van der Waals surface area contributed by atoms with E-state index in [1.807, 2.05) is 6.07 Å². The van der Waals surface area contributed by atoms with E-state index < -0.39 is 0 Å². The second-order valence-corrected chi connectivity index (χ2v) is 4.66. The SMILES string of the molecule is COc1cc(OC)c(C(C)C(CN)CN)cc1Cl. The van der Waals surface area contributed by atoms with Crippen LogP contribution in [0.2, 0.25) is 5.02 Å². The molecule has 0 heterocycles. The molecule has 0 radical (unpaired) electrons. The Balaban J connectivity index is 3.18. The first-order chi connectivity index (χ1) is 8.58. The Labute approximate surface area is 113 Å². The Bertz CT molecular complexity index is 395. The van der Waals surface area contributed by atoms with E-state index in [2.05, 4.69) is 6.92 Å². The van der Waals surface area contributed by atoms with Crippen molar-refractivity contribution in [3.63, 3.8) is 0 Å². The highest BCUT2D eigenvalue weighted by atomic mass is 35.5. The van der Waals surface area contributed by atoms with Gasteiger partial charge in [0, 0.05) is 6.07 Å². The molecule has 0 spiro atoms. The van der Waals surface area contributed by atoms with E-state index in [4.69, 9.17) is 32.5 Å². The third kappa shape index (κ3) is 3.07. The molecule has 0 aromatic heterocycles. The van der Waals surface area contributed by atoms with Crippen molar-refractivity contribution in [2.45, 2.75) is 12.8 Å². The second-order valence-electron chi connectivity index (χ2n) is 4.25. The molecule has 0 saturated carbocycles. The van der Waals surface area contributed by atoms with Crippen molar-refractivity contribution in [1.82, 2.24) is 0 Å². The molecule has 0 aliphatic carbocycles. The minimum atomic E-state index is 0.179. The van der Waals surface area contributed by atoms with Crippen LogP contribution in [0.4, 0.5) is 0 Å². The smallest absolute Gasteiger partial charge is 0.141 e. The van der Waals surface area contributed by atoms with Crippen LogP contribution in [0.1, 0.15) is 18.4 Å². The van der Waals surface area contributed by atoms with Gasteiger partial charge in [-0.05, 0) is 36.6 Å². The number of ether oxygens (including phenoxy) is 2. The van der Waals surface area contributed by atoms with Crippen LogP contribution in [0, 0.1) is 5.92 Å². The van der Waals surface area contributed by atoms with E-state index in [1.54, 1.807) is 20.3 Å². The molecule has 0 fully saturated rings. The first kappa shape index (κ1) is 15.1. The zero-order valence-corrected chi connectivity index (χ0v) is 11.8. The van der Waals surface area contributed by atoms with Crippen molar-refractivity contribution in [2.24, 2.45) is 17.4 Å². The van der Waals surface area contributed by atoms with Gasteiger partial charge in [-0.3, -0.25) is 0 Å². The summed E-state index contributed by atoms with van der Waals surface area (Å²) in [4.78, 5) is 0. The summed E-state index contributed by atoms with van der Waals surface area (Å²) in [5, 5.41) is 0.563. The summed E-state index contributed by atoms with van der Waals surface area (Å²) in [5.41, 5.74) is 12.5. The Hall–Kier alpha value is -0.970. The quantitative estimate of drug-likeness (QED) is 0.831. The summed E-state index contributed by atoms with van der Waals surface area (Å²) in [7, 11) is 3.20. The lowest BCUT2D eigenvalue weighted by Gasteiger charge is -2.24. The van der Waals surface area contributed by atoms with Crippen LogP contribution in [0.25, 0.3) is 0 Å². The molecule has 1 aromatic carbocycles. The zero-order valence-electron chi connectivity index (χ0n) is 11.1. The van der Waals surface area contributed by atoms with Gasteiger partial charge < -0.3 is 20.9 Å². The van der Waals surface area contributed by atoms with Crippen molar-refractivity contribution in [3.8, 4) is 11.5 Å². The molecule has 1 unspecified atom stereocenters. The van der Waals surface area contributed by atoms with E-state index in [-0.39, 0.29) is 11.8 Å². The summed E-state index contributed by atoms with van der Waals surface area (Å²) in [5.74, 6) is 1.72. The van der Waals surface area contributed by atoms with Crippen LogP contribution in [0.15, 0.2) is 12.1 Å².